The number of hydrogen-bond acceptors (Lipinski definition) is 1. The van der Waals surface area contributed by atoms with Crippen LogP contribution >= 0.6 is 0 Å². The minimum Gasteiger partial charge on any atom is -0.481 e. The van der Waals surface area contributed by atoms with Gasteiger partial charge in [-0.15, -0.1) is 0 Å². The average molecular weight is 150 g/mol. The molecule has 0 aromatic carbocycles. The molecule has 2 fully saturated rings. The summed E-state index contributed by atoms with van der Waals surface area (Å²) in [5, 5.41) is 8.79. The summed E-state index contributed by atoms with van der Waals surface area (Å²) in [6.07, 6.45) is 5.67. The molecule has 2 heteroatoms. The van der Waals surface area contributed by atoms with Crippen LogP contribution in [0, 0.1) is 29.6 Å². The van der Waals surface area contributed by atoms with Gasteiger partial charge in [-0.3, -0.25) is 4.79 Å². The fourth-order valence-corrected chi connectivity index (χ4v) is 3.12. The van der Waals surface area contributed by atoms with E-state index in [9.17, 15) is 4.79 Å². The Balaban J connectivity index is 1.90. The van der Waals surface area contributed by atoms with Crippen molar-refractivity contribution in [2.45, 2.75) is 6.42 Å². The van der Waals surface area contributed by atoms with Crippen molar-refractivity contribution in [1.29, 1.82) is 0 Å². The average Bonchev–Trinajstić information content (AvgIpc) is 2.44. The number of allylic oxidation sites excluding steroid dienone is 2. The van der Waals surface area contributed by atoms with E-state index in [1.807, 2.05) is 0 Å². The van der Waals surface area contributed by atoms with E-state index >= 15 is 0 Å². The van der Waals surface area contributed by atoms with Gasteiger partial charge in [-0.1, -0.05) is 12.2 Å². The fraction of sp³-hybridized carbons (Fsp3) is 0.667. The lowest BCUT2D eigenvalue weighted by atomic mass is 10.0. The fourth-order valence-electron chi connectivity index (χ4n) is 3.12. The topological polar surface area (TPSA) is 37.3 Å². The van der Waals surface area contributed by atoms with Gasteiger partial charge in [-0.2, -0.15) is 0 Å². The molecule has 58 valence electrons. The van der Waals surface area contributed by atoms with E-state index in [4.69, 9.17) is 5.11 Å². The summed E-state index contributed by atoms with van der Waals surface area (Å²) < 4.78 is 0. The Labute approximate surface area is 64.9 Å². The molecular weight excluding hydrogens is 140 g/mol. The Morgan fingerprint density at radius 2 is 1.82 bits per heavy atom. The zero-order chi connectivity index (χ0) is 7.59. The normalized spacial score (nSPS) is 56.2. The van der Waals surface area contributed by atoms with E-state index in [0.717, 1.165) is 0 Å². The van der Waals surface area contributed by atoms with Gasteiger partial charge in [0.05, 0.1) is 5.92 Å². The van der Waals surface area contributed by atoms with Crippen LogP contribution in [0.2, 0.25) is 0 Å². The maximum absolute atomic E-state index is 10.7. The highest BCUT2D eigenvalue weighted by atomic mass is 16.4. The van der Waals surface area contributed by atoms with Gasteiger partial charge in [0.15, 0.2) is 0 Å². The van der Waals surface area contributed by atoms with Crippen molar-refractivity contribution in [3.05, 3.63) is 12.2 Å². The van der Waals surface area contributed by atoms with Gasteiger partial charge in [0.25, 0.3) is 0 Å². The molecule has 0 aliphatic heterocycles. The Bertz CT molecular complexity index is 238. The SMILES string of the molecule is O=C(O)C1[C@@H]2[C@H]1[C@H]1C=C[C@H]2C1. The van der Waals surface area contributed by atoms with Crippen LogP contribution in [-0.2, 0) is 4.79 Å². The van der Waals surface area contributed by atoms with Crippen LogP contribution in [0.5, 0.6) is 0 Å². The van der Waals surface area contributed by atoms with Crippen LogP contribution in [0.4, 0.5) is 0 Å². The second-order valence-corrected chi connectivity index (χ2v) is 3.97. The Morgan fingerprint density at radius 1 is 1.27 bits per heavy atom. The molecule has 0 aromatic heterocycles. The second-order valence-electron chi connectivity index (χ2n) is 3.97. The van der Waals surface area contributed by atoms with Crippen molar-refractivity contribution in [3.63, 3.8) is 0 Å². The van der Waals surface area contributed by atoms with Crippen LogP contribution in [0.25, 0.3) is 0 Å². The van der Waals surface area contributed by atoms with Crippen LogP contribution < -0.4 is 0 Å². The van der Waals surface area contributed by atoms with Gasteiger partial charge in [0.1, 0.15) is 0 Å². The van der Waals surface area contributed by atoms with Crippen molar-refractivity contribution in [2.75, 3.05) is 0 Å². The number of aliphatic carboxylic acids is 1. The Kier molecular flexibility index (Phi) is 0.803. The number of rotatable bonds is 1. The van der Waals surface area contributed by atoms with Crippen LogP contribution in [0.3, 0.4) is 0 Å². The van der Waals surface area contributed by atoms with E-state index in [1.165, 1.54) is 6.42 Å². The van der Waals surface area contributed by atoms with Gasteiger partial charge < -0.3 is 5.11 Å². The quantitative estimate of drug-likeness (QED) is 0.569. The van der Waals surface area contributed by atoms with Gasteiger partial charge in [0.2, 0.25) is 0 Å². The summed E-state index contributed by atoms with van der Waals surface area (Å²) >= 11 is 0. The molecule has 0 amide bonds. The number of hydrogen-bond donors (Lipinski definition) is 1. The molecule has 0 aromatic rings. The van der Waals surface area contributed by atoms with Gasteiger partial charge >= 0.3 is 5.97 Å². The molecule has 0 saturated heterocycles. The smallest absolute Gasteiger partial charge is 0.307 e. The van der Waals surface area contributed by atoms with E-state index < -0.39 is 5.97 Å². The van der Waals surface area contributed by atoms with Crippen LogP contribution in [-0.4, -0.2) is 11.1 Å². The van der Waals surface area contributed by atoms with E-state index in [1.54, 1.807) is 0 Å². The zero-order valence-electron chi connectivity index (χ0n) is 6.10. The molecule has 1 unspecified atom stereocenters. The summed E-state index contributed by atoms with van der Waals surface area (Å²) in [5.74, 6) is 1.70. The Hall–Kier alpha value is -0.790. The summed E-state index contributed by atoms with van der Waals surface area (Å²) in [6.45, 7) is 0. The van der Waals surface area contributed by atoms with Crippen molar-refractivity contribution < 1.29 is 9.90 Å². The largest absolute Gasteiger partial charge is 0.481 e. The third kappa shape index (κ3) is 0.525. The summed E-state index contributed by atoms with van der Waals surface area (Å²) in [5.41, 5.74) is 0. The minimum absolute atomic E-state index is 0.00810. The predicted octanol–water partition coefficient (Wildman–Crippen LogP) is 1.14. The van der Waals surface area contributed by atoms with Gasteiger partial charge in [-0.25, -0.2) is 0 Å². The lowest BCUT2D eigenvalue weighted by molar-refractivity contribution is -0.139. The molecule has 0 heterocycles. The van der Waals surface area contributed by atoms with Gasteiger partial charge in [-0.05, 0) is 30.1 Å². The molecule has 0 radical (unpaired) electrons. The number of carbonyl (C=O) groups is 1. The molecular formula is C9H10O2. The first kappa shape index (κ1) is 5.81. The summed E-state index contributed by atoms with van der Waals surface area (Å²) in [6, 6.07) is 0. The van der Waals surface area contributed by atoms with Gasteiger partial charge in [0, 0.05) is 0 Å². The second kappa shape index (κ2) is 1.52. The standard InChI is InChI=1S/C9H10O2/c10-9(11)8-6-4-1-2-5(3-4)7(6)8/h1-2,4-8H,3H2,(H,10,11)/t4-,5-,6-,7+,8?/m0/s1. The van der Waals surface area contributed by atoms with Crippen molar-refractivity contribution in [2.24, 2.45) is 29.6 Å². The number of fused-ring (bicyclic) bond motifs is 5. The van der Waals surface area contributed by atoms with Crippen molar-refractivity contribution in [1.82, 2.24) is 0 Å². The third-order valence-electron chi connectivity index (χ3n) is 3.56. The maximum atomic E-state index is 10.7. The molecule has 2 saturated carbocycles. The molecule has 1 N–H and O–H groups in total. The molecule has 3 aliphatic rings. The molecule has 3 aliphatic carbocycles. The first-order valence-electron chi connectivity index (χ1n) is 4.20. The van der Waals surface area contributed by atoms with Crippen molar-refractivity contribution >= 4 is 5.97 Å². The zero-order valence-corrected chi connectivity index (χ0v) is 6.10. The first-order valence-corrected chi connectivity index (χ1v) is 4.20. The van der Waals surface area contributed by atoms with E-state index in [0.29, 0.717) is 23.7 Å². The van der Waals surface area contributed by atoms with Crippen molar-refractivity contribution in [3.8, 4) is 0 Å². The number of carboxylic acids is 1. The monoisotopic (exact) mass is 150 g/mol. The molecule has 0 spiro atoms. The predicted molar refractivity (Wildman–Crippen MR) is 38.8 cm³/mol. The maximum Gasteiger partial charge on any atom is 0.307 e. The number of carboxylic acid groups (broad SMARTS) is 1. The highest BCUT2D eigenvalue weighted by Crippen LogP contribution is 2.66. The van der Waals surface area contributed by atoms with E-state index in [-0.39, 0.29) is 5.92 Å². The first-order chi connectivity index (χ1) is 5.29. The minimum atomic E-state index is -0.571. The lowest BCUT2D eigenvalue weighted by Crippen LogP contribution is -2.08. The third-order valence-corrected chi connectivity index (χ3v) is 3.56. The van der Waals surface area contributed by atoms with Crippen LogP contribution in [0.15, 0.2) is 12.2 Å². The molecule has 5 atom stereocenters. The lowest BCUT2D eigenvalue weighted by Gasteiger charge is -2.03. The molecule has 2 bridgehead atoms. The molecule has 11 heavy (non-hydrogen) atoms. The van der Waals surface area contributed by atoms with Crippen LogP contribution in [0.1, 0.15) is 6.42 Å². The highest BCUT2D eigenvalue weighted by Gasteiger charge is 2.66. The molecule has 2 nitrogen and oxygen atoms in total. The summed E-state index contributed by atoms with van der Waals surface area (Å²) in [7, 11) is 0. The van der Waals surface area contributed by atoms with E-state index in [2.05, 4.69) is 12.2 Å². The summed E-state index contributed by atoms with van der Waals surface area (Å²) in [4.78, 5) is 10.7. The molecule has 3 rings (SSSR count). The Morgan fingerprint density at radius 3 is 2.27 bits per heavy atom. The highest BCUT2D eigenvalue weighted by molar-refractivity contribution is 5.75.